The van der Waals surface area contributed by atoms with Crippen molar-refractivity contribution < 1.29 is 4.79 Å². The lowest BCUT2D eigenvalue weighted by molar-refractivity contribution is 0.0996. The SMILES string of the molecule is Cc1cnccc1-c1c[nH]c(C(N)=O)c1. The van der Waals surface area contributed by atoms with Gasteiger partial charge in [-0.3, -0.25) is 9.78 Å². The van der Waals surface area contributed by atoms with E-state index >= 15 is 0 Å². The molecule has 2 aromatic heterocycles. The molecule has 0 saturated heterocycles. The van der Waals surface area contributed by atoms with Crippen LogP contribution in [0, 0.1) is 6.92 Å². The van der Waals surface area contributed by atoms with Crippen molar-refractivity contribution >= 4 is 5.91 Å². The van der Waals surface area contributed by atoms with Gasteiger partial charge in [0.25, 0.3) is 5.91 Å². The number of aromatic nitrogens is 2. The van der Waals surface area contributed by atoms with Crippen molar-refractivity contribution in [2.75, 3.05) is 0 Å². The number of primary amides is 1. The predicted octanol–water partition coefficient (Wildman–Crippen LogP) is 1.48. The van der Waals surface area contributed by atoms with Crippen LogP contribution in [0.15, 0.2) is 30.7 Å². The first kappa shape index (κ1) is 9.45. The molecule has 4 nitrogen and oxygen atoms in total. The quantitative estimate of drug-likeness (QED) is 0.772. The molecule has 2 rings (SSSR count). The molecule has 0 atom stereocenters. The fraction of sp³-hybridized carbons (Fsp3) is 0.0909. The molecule has 0 spiro atoms. The maximum absolute atomic E-state index is 10.9. The second-order valence-corrected chi connectivity index (χ2v) is 3.36. The van der Waals surface area contributed by atoms with Gasteiger partial charge in [0, 0.05) is 24.2 Å². The van der Waals surface area contributed by atoms with E-state index in [0.717, 1.165) is 16.7 Å². The Bertz CT molecular complexity index is 502. The first-order valence-electron chi connectivity index (χ1n) is 4.57. The van der Waals surface area contributed by atoms with Gasteiger partial charge < -0.3 is 10.7 Å². The topological polar surface area (TPSA) is 71.8 Å². The van der Waals surface area contributed by atoms with Crippen molar-refractivity contribution in [3.8, 4) is 11.1 Å². The molecule has 0 saturated carbocycles. The summed E-state index contributed by atoms with van der Waals surface area (Å²) < 4.78 is 0. The average Bonchev–Trinajstić information content (AvgIpc) is 2.67. The molecule has 0 aliphatic rings. The Morgan fingerprint density at radius 3 is 2.93 bits per heavy atom. The number of nitrogens with one attached hydrogen (secondary N) is 1. The maximum Gasteiger partial charge on any atom is 0.265 e. The number of carbonyl (C=O) groups is 1. The number of rotatable bonds is 2. The summed E-state index contributed by atoms with van der Waals surface area (Å²) in [7, 11) is 0. The van der Waals surface area contributed by atoms with Crippen molar-refractivity contribution in [1.82, 2.24) is 9.97 Å². The first-order valence-corrected chi connectivity index (χ1v) is 4.57. The van der Waals surface area contributed by atoms with E-state index in [-0.39, 0.29) is 0 Å². The summed E-state index contributed by atoms with van der Waals surface area (Å²) in [6.07, 6.45) is 5.27. The van der Waals surface area contributed by atoms with E-state index in [1.165, 1.54) is 0 Å². The third-order valence-corrected chi connectivity index (χ3v) is 2.28. The highest BCUT2D eigenvalue weighted by molar-refractivity contribution is 5.92. The number of hydrogen-bond acceptors (Lipinski definition) is 2. The van der Waals surface area contributed by atoms with Crippen molar-refractivity contribution in [3.05, 3.63) is 42.0 Å². The third kappa shape index (κ3) is 1.74. The highest BCUT2D eigenvalue weighted by Gasteiger charge is 2.07. The highest BCUT2D eigenvalue weighted by Crippen LogP contribution is 2.22. The van der Waals surface area contributed by atoms with Gasteiger partial charge in [-0.15, -0.1) is 0 Å². The molecule has 4 heteroatoms. The van der Waals surface area contributed by atoms with Crippen molar-refractivity contribution in [2.24, 2.45) is 5.73 Å². The summed E-state index contributed by atoms with van der Waals surface area (Å²) in [5.41, 5.74) is 8.64. The van der Waals surface area contributed by atoms with Crippen LogP contribution in [0.5, 0.6) is 0 Å². The van der Waals surface area contributed by atoms with Crippen LogP contribution in [0.2, 0.25) is 0 Å². The average molecular weight is 201 g/mol. The van der Waals surface area contributed by atoms with Gasteiger partial charge in [-0.1, -0.05) is 0 Å². The summed E-state index contributed by atoms with van der Waals surface area (Å²) in [6, 6.07) is 3.65. The maximum atomic E-state index is 10.9. The molecule has 1 amide bonds. The number of carbonyl (C=O) groups excluding carboxylic acids is 1. The number of aromatic amines is 1. The molecular formula is C11H11N3O. The zero-order valence-corrected chi connectivity index (χ0v) is 8.32. The number of H-pyrrole nitrogens is 1. The monoisotopic (exact) mass is 201 g/mol. The third-order valence-electron chi connectivity index (χ3n) is 2.28. The summed E-state index contributed by atoms with van der Waals surface area (Å²) >= 11 is 0. The van der Waals surface area contributed by atoms with E-state index in [0.29, 0.717) is 5.69 Å². The Kier molecular flexibility index (Phi) is 2.25. The molecule has 0 fully saturated rings. The predicted molar refractivity (Wildman–Crippen MR) is 57.3 cm³/mol. The summed E-state index contributed by atoms with van der Waals surface area (Å²) in [4.78, 5) is 17.8. The second-order valence-electron chi connectivity index (χ2n) is 3.36. The summed E-state index contributed by atoms with van der Waals surface area (Å²) in [5.74, 6) is -0.451. The van der Waals surface area contributed by atoms with Gasteiger partial charge in [0.05, 0.1) is 0 Å². The van der Waals surface area contributed by atoms with Crippen LogP contribution in [0.4, 0.5) is 0 Å². The number of nitrogens with zero attached hydrogens (tertiary/aromatic N) is 1. The number of nitrogens with two attached hydrogens (primary N) is 1. The van der Waals surface area contributed by atoms with Crippen molar-refractivity contribution in [1.29, 1.82) is 0 Å². The van der Waals surface area contributed by atoms with E-state index in [2.05, 4.69) is 9.97 Å². The lowest BCUT2D eigenvalue weighted by Gasteiger charge is -2.00. The van der Waals surface area contributed by atoms with Crippen LogP contribution in [-0.4, -0.2) is 15.9 Å². The van der Waals surface area contributed by atoms with Crippen LogP contribution in [0.25, 0.3) is 11.1 Å². The molecule has 76 valence electrons. The Balaban J connectivity index is 2.46. The van der Waals surface area contributed by atoms with Crippen molar-refractivity contribution in [2.45, 2.75) is 6.92 Å². The van der Waals surface area contributed by atoms with Gasteiger partial charge in [0.1, 0.15) is 5.69 Å². The van der Waals surface area contributed by atoms with Gasteiger partial charge in [0.2, 0.25) is 0 Å². The lowest BCUT2D eigenvalue weighted by atomic mass is 10.1. The number of aryl methyl sites for hydroxylation is 1. The van der Waals surface area contributed by atoms with E-state index in [4.69, 9.17) is 5.73 Å². The Morgan fingerprint density at radius 1 is 1.53 bits per heavy atom. The van der Waals surface area contributed by atoms with Crippen LogP contribution in [0.3, 0.4) is 0 Å². The van der Waals surface area contributed by atoms with Crippen LogP contribution >= 0.6 is 0 Å². The standard InChI is InChI=1S/C11H11N3O/c1-7-5-13-3-2-9(7)8-4-10(11(12)15)14-6-8/h2-6,14H,1H3,(H2,12,15). The lowest BCUT2D eigenvalue weighted by Crippen LogP contribution is -2.10. The van der Waals surface area contributed by atoms with Gasteiger partial charge in [-0.2, -0.15) is 0 Å². The molecule has 0 bridgehead atoms. The van der Waals surface area contributed by atoms with E-state index in [1.807, 2.05) is 13.0 Å². The van der Waals surface area contributed by atoms with Crippen LogP contribution in [0.1, 0.15) is 16.1 Å². The molecule has 2 heterocycles. The zero-order chi connectivity index (χ0) is 10.8. The minimum absolute atomic E-state index is 0.418. The molecule has 0 aliphatic heterocycles. The smallest absolute Gasteiger partial charge is 0.265 e. The Morgan fingerprint density at radius 2 is 2.33 bits per heavy atom. The van der Waals surface area contributed by atoms with Gasteiger partial charge in [-0.25, -0.2) is 0 Å². The molecule has 0 unspecified atom stereocenters. The van der Waals surface area contributed by atoms with Crippen molar-refractivity contribution in [3.63, 3.8) is 0 Å². The summed E-state index contributed by atoms with van der Waals surface area (Å²) in [5, 5.41) is 0. The molecule has 0 aromatic carbocycles. The molecule has 3 N–H and O–H groups in total. The summed E-state index contributed by atoms with van der Waals surface area (Å²) in [6.45, 7) is 1.97. The zero-order valence-electron chi connectivity index (χ0n) is 8.32. The fourth-order valence-corrected chi connectivity index (χ4v) is 1.49. The molecule has 15 heavy (non-hydrogen) atoms. The first-order chi connectivity index (χ1) is 7.18. The number of pyridine rings is 1. The number of hydrogen-bond donors (Lipinski definition) is 2. The van der Waals surface area contributed by atoms with E-state index in [1.54, 1.807) is 24.7 Å². The minimum Gasteiger partial charge on any atom is -0.364 e. The van der Waals surface area contributed by atoms with Gasteiger partial charge in [0.15, 0.2) is 0 Å². The Hall–Kier alpha value is -2.10. The van der Waals surface area contributed by atoms with Crippen LogP contribution < -0.4 is 5.73 Å². The fourth-order valence-electron chi connectivity index (χ4n) is 1.49. The van der Waals surface area contributed by atoms with E-state index in [9.17, 15) is 4.79 Å². The molecule has 2 aromatic rings. The van der Waals surface area contributed by atoms with Crippen LogP contribution in [-0.2, 0) is 0 Å². The largest absolute Gasteiger partial charge is 0.364 e. The van der Waals surface area contributed by atoms with Gasteiger partial charge in [-0.05, 0) is 30.2 Å². The Labute approximate surface area is 87.1 Å². The highest BCUT2D eigenvalue weighted by atomic mass is 16.1. The molecule has 0 aliphatic carbocycles. The second kappa shape index (κ2) is 3.57. The molecule has 0 radical (unpaired) electrons. The number of amides is 1. The normalized spacial score (nSPS) is 10.2. The van der Waals surface area contributed by atoms with E-state index < -0.39 is 5.91 Å². The minimum atomic E-state index is -0.451. The van der Waals surface area contributed by atoms with Gasteiger partial charge >= 0.3 is 0 Å². The molecular weight excluding hydrogens is 190 g/mol.